The van der Waals surface area contributed by atoms with Crippen molar-refractivity contribution in [3.63, 3.8) is 0 Å². The Morgan fingerprint density at radius 3 is 1.51 bits per heavy atom. The molecule has 0 amide bonds. The van der Waals surface area contributed by atoms with Crippen LogP contribution in [0.1, 0.15) is 22.3 Å². The zero-order chi connectivity index (χ0) is 32.9. The van der Waals surface area contributed by atoms with Gasteiger partial charge < -0.3 is 33.5 Å². The number of aliphatic hydroxyl groups is 1. The molecule has 1 saturated heterocycles. The molecule has 0 radical (unpaired) electrons. The van der Waals surface area contributed by atoms with Crippen molar-refractivity contribution >= 4 is 5.97 Å². The highest BCUT2D eigenvalue weighted by atomic mass is 16.6. The Morgan fingerprint density at radius 1 is 0.681 bits per heavy atom. The maximum Gasteiger partial charge on any atom is 0.353 e. The number of carbonyl (C=O) groups is 1. The molecule has 8 heteroatoms. The lowest BCUT2D eigenvalue weighted by atomic mass is 9.84. The maximum absolute atomic E-state index is 13.1. The predicted octanol–water partition coefficient (Wildman–Crippen LogP) is 5.26. The van der Waals surface area contributed by atoms with E-state index >= 15 is 0 Å². The third-order valence-corrected chi connectivity index (χ3v) is 8.01. The van der Waals surface area contributed by atoms with Crippen molar-refractivity contribution in [1.29, 1.82) is 0 Å². The third kappa shape index (κ3) is 8.93. The quantitative estimate of drug-likeness (QED) is 0.140. The highest BCUT2D eigenvalue weighted by Gasteiger charge is 2.58. The summed E-state index contributed by atoms with van der Waals surface area (Å²) in [6, 6.07) is 38.6. The van der Waals surface area contributed by atoms with Gasteiger partial charge in [-0.05, 0) is 22.3 Å². The van der Waals surface area contributed by atoms with Crippen molar-refractivity contribution < 1.29 is 38.3 Å². The van der Waals surface area contributed by atoms with Crippen molar-refractivity contribution in [3.8, 4) is 12.3 Å². The number of methoxy groups -OCH3 is 1. The van der Waals surface area contributed by atoms with Crippen LogP contribution in [0.4, 0.5) is 0 Å². The highest BCUT2D eigenvalue weighted by Crippen LogP contribution is 2.36. The van der Waals surface area contributed by atoms with Gasteiger partial charge in [0.15, 0.2) is 0 Å². The third-order valence-electron chi connectivity index (χ3n) is 8.01. The normalized spacial score (nSPS) is 22.1. The van der Waals surface area contributed by atoms with E-state index in [0.717, 1.165) is 29.4 Å². The lowest BCUT2D eigenvalue weighted by molar-refractivity contribution is -0.294. The van der Waals surface area contributed by atoms with E-state index in [1.165, 1.54) is 0 Å². The fraction of sp³-hybridized carbons (Fsp3) is 0.308. The summed E-state index contributed by atoms with van der Waals surface area (Å²) < 4.78 is 37.4. The van der Waals surface area contributed by atoms with E-state index in [9.17, 15) is 9.90 Å². The Kier molecular flexibility index (Phi) is 12.3. The molecule has 0 bridgehead atoms. The molecule has 4 aromatic carbocycles. The number of rotatable bonds is 15. The standard InChI is InChI=1S/C39H40O8/c1-3-39(41,38(40)42-2)37-36(46-27-32-22-14-7-15-23-32)35(45-26-31-20-12-6-13-21-31)34(44-25-30-18-10-5-11-19-30)33(47-37)28-43-24-29-16-8-4-9-17-29/h1,4-23,33-37,41H,24-28H2,2H3/t33-,34-,35+,36-,37-,39-/m1/s1. The van der Waals surface area contributed by atoms with Crippen LogP contribution in [-0.2, 0) is 59.6 Å². The van der Waals surface area contributed by atoms with Crippen LogP contribution in [0.15, 0.2) is 121 Å². The molecule has 1 fully saturated rings. The predicted molar refractivity (Wildman–Crippen MR) is 176 cm³/mol. The van der Waals surface area contributed by atoms with Gasteiger partial charge >= 0.3 is 5.97 Å². The molecule has 47 heavy (non-hydrogen) atoms. The van der Waals surface area contributed by atoms with Crippen LogP contribution in [0.25, 0.3) is 0 Å². The number of terminal acetylenes is 1. The number of ether oxygens (including phenoxy) is 6. The van der Waals surface area contributed by atoms with E-state index < -0.39 is 42.1 Å². The molecule has 0 saturated carbocycles. The molecule has 0 aliphatic carbocycles. The summed E-state index contributed by atoms with van der Waals surface area (Å²) in [5, 5.41) is 11.7. The summed E-state index contributed by atoms with van der Waals surface area (Å²) in [7, 11) is 1.16. The minimum atomic E-state index is -2.51. The molecule has 0 unspecified atom stereocenters. The zero-order valence-corrected chi connectivity index (χ0v) is 26.4. The molecule has 1 heterocycles. The number of carbonyl (C=O) groups excluding carboxylic acids is 1. The first kappa shape index (κ1) is 34.0. The van der Waals surface area contributed by atoms with Crippen molar-refractivity contribution in [2.75, 3.05) is 13.7 Å². The van der Waals surface area contributed by atoms with Gasteiger partial charge in [0.1, 0.15) is 30.5 Å². The van der Waals surface area contributed by atoms with Gasteiger partial charge in [-0.15, -0.1) is 6.42 Å². The van der Waals surface area contributed by atoms with E-state index in [0.29, 0.717) is 6.61 Å². The molecular formula is C39H40O8. The smallest absolute Gasteiger partial charge is 0.353 e. The van der Waals surface area contributed by atoms with Crippen LogP contribution in [-0.4, -0.2) is 60.9 Å². The van der Waals surface area contributed by atoms with Crippen LogP contribution in [0.3, 0.4) is 0 Å². The van der Waals surface area contributed by atoms with E-state index in [4.69, 9.17) is 34.8 Å². The summed E-state index contributed by atoms with van der Waals surface area (Å²) in [5.41, 5.74) is 1.18. The summed E-state index contributed by atoms with van der Waals surface area (Å²) in [6.45, 7) is 0.902. The van der Waals surface area contributed by atoms with E-state index in [1.54, 1.807) is 0 Å². The van der Waals surface area contributed by atoms with Gasteiger partial charge in [0, 0.05) is 0 Å². The molecular weight excluding hydrogens is 596 g/mol. The second-order valence-corrected chi connectivity index (χ2v) is 11.3. The molecule has 0 aromatic heterocycles. The molecule has 8 nitrogen and oxygen atoms in total. The Hall–Kier alpha value is -4.33. The van der Waals surface area contributed by atoms with Gasteiger partial charge in [0.2, 0.25) is 0 Å². The van der Waals surface area contributed by atoms with Crippen LogP contribution in [0.5, 0.6) is 0 Å². The molecule has 1 N–H and O–H groups in total. The second kappa shape index (κ2) is 17.0. The fourth-order valence-electron chi connectivity index (χ4n) is 5.54. The first-order chi connectivity index (χ1) is 23.0. The average Bonchev–Trinajstić information content (AvgIpc) is 3.13. The van der Waals surface area contributed by atoms with Crippen LogP contribution in [0.2, 0.25) is 0 Å². The second-order valence-electron chi connectivity index (χ2n) is 11.3. The Balaban J connectivity index is 1.52. The van der Waals surface area contributed by atoms with E-state index in [-0.39, 0.29) is 26.4 Å². The van der Waals surface area contributed by atoms with E-state index in [1.807, 2.05) is 121 Å². The maximum atomic E-state index is 13.1. The molecule has 5 rings (SSSR count). The molecule has 4 aromatic rings. The Morgan fingerprint density at radius 2 is 1.09 bits per heavy atom. The van der Waals surface area contributed by atoms with Crippen molar-refractivity contribution in [2.24, 2.45) is 0 Å². The van der Waals surface area contributed by atoms with Gasteiger partial charge in [0.05, 0.1) is 40.1 Å². The lowest BCUT2D eigenvalue weighted by Crippen LogP contribution is -2.68. The minimum Gasteiger partial charge on any atom is -0.466 e. The first-order valence-corrected chi connectivity index (χ1v) is 15.5. The number of hydrogen-bond donors (Lipinski definition) is 1. The van der Waals surface area contributed by atoms with Crippen LogP contribution < -0.4 is 0 Å². The van der Waals surface area contributed by atoms with Gasteiger partial charge in [-0.2, -0.15) is 0 Å². The number of esters is 1. The molecule has 244 valence electrons. The summed E-state index contributed by atoms with van der Waals surface area (Å²) in [6.07, 6.45) is 0.937. The molecule has 1 aliphatic heterocycles. The van der Waals surface area contributed by atoms with Gasteiger partial charge in [0.25, 0.3) is 5.60 Å². The van der Waals surface area contributed by atoms with Gasteiger partial charge in [-0.1, -0.05) is 127 Å². The van der Waals surface area contributed by atoms with Crippen LogP contribution >= 0.6 is 0 Å². The molecule has 0 spiro atoms. The van der Waals surface area contributed by atoms with Gasteiger partial charge in [-0.25, -0.2) is 4.79 Å². The summed E-state index contributed by atoms with van der Waals surface area (Å²) in [4.78, 5) is 13.1. The zero-order valence-electron chi connectivity index (χ0n) is 26.4. The van der Waals surface area contributed by atoms with E-state index in [2.05, 4.69) is 5.92 Å². The fourth-order valence-corrected chi connectivity index (χ4v) is 5.54. The number of hydrogen-bond acceptors (Lipinski definition) is 8. The lowest BCUT2D eigenvalue weighted by Gasteiger charge is -2.48. The Labute approximate surface area is 276 Å². The topological polar surface area (TPSA) is 92.7 Å². The molecule has 1 aliphatic rings. The average molecular weight is 637 g/mol. The monoisotopic (exact) mass is 636 g/mol. The first-order valence-electron chi connectivity index (χ1n) is 15.5. The summed E-state index contributed by atoms with van der Waals surface area (Å²) in [5.74, 6) is 1.19. The highest BCUT2D eigenvalue weighted by molar-refractivity contribution is 5.84. The van der Waals surface area contributed by atoms with Crippen molar-refractivity contribution in [2.45, 2.75) is 62.5 Å². The molecule has 6 atom stereocenters. The SMILES string of the molecule is C#C[C@](O)(C(=O)OC)[C@@H]1O[C@H](COCc2ccccc2)[C@@H](OCc2ccccc2)[C@H](OCc2ccccc2)[C@H]1OCc1ccccc1. The van der Waals surface area contributed by atoms with Crippen molar-refractivity contribution in [1.82, 2.24) is 0 Å². The largest absolute Gasteiger partial charge is 0.466 e. The summed E-state index contributed by atoms with van der Waals surface area (Å²) >= 11 is 0. The number of benzene rings is 4. The van der Waals surface area contributed by atoms with Crippen LogP contribution in [0, 0.1) is 12.3 Å². The van der Waals surface area contributed by atoms with Gasteiger partial charge in [-0.3, -0.25) is 0 Å². The van der Waals surface area contributed by atoms with Crippen molar-refractivity contribution in [3.05, 3.63) is 144 Å². The Bertz CT molecular complexity index is 1540. The minimum absolute atomic E-state index is 0.0449.